The van der Waals surface area contributed by atoms with E-state index in [-0.39, 0.29) is 0 Å². The molecule has 0 radical (unpaired) electrons. The molecule has 2 aromatic heterocycles. The second-order valence-corrected chi connectivity index (χ2v) is 4.73. The van der Waals surface area contributed by atoms with E-state index < -0.39 is 0 Å². The van der Waals surface area contributed by atoms with Gasteiger partial charge in [0, 0.05) is 12.7 Å². The maximum absolute atomic E-state index is 4.51. The smallest absolute Gasteiger partial charge is 0.182 e. The third-order valence-corrected chi connectivity index (χ3v) is 2.86. The predicted octanol–water partition coefficient (Wildman–Crippen LogP) is 2.47. The van der Waals surface area contributed by atoms with Crippen LogP contribution in [0, 0.1) is 6.92 Å². The molecule has 0 bridgehead atoms. The Labute approximate surface area is 97.9 Å². The van der Waals surface area contributed by atoms with Crippen LogP contribution in [0.25, 0.3) is 5.52 Å². The van der Waals surface area contributed by atoms with Gasteiger partial charge in [-0.3, -0.25) is 4.40 Å². The van der Waals surface area contributed by atoms with Crippen LogP contribution in [-0.4, -0.2) is 28.4 Å². The van der Waals surface area contributed by atoms with E-state index in [0.29, 0.717) is 0 Å². The standard InChI is InChI=1S/C11H14BrN3/c1-8-4-5-15-10(6-8)9(7-14(2)3)13-11(15)12/h4-6H,7H2,1-3H3. The monoisotopic (exact) mass is 267 g/mol. The molecule has 80 valence electrons. The molecule has 4 heteroatoms. The number of pyridine rings is 1. The Hall–Kier alpha value is -0.870. The van der Waals surface area contributed by atoms with E-state index in [1.165, 1.54) is 11.1 Å². The molecule has 0 saturated carbocycles. The number of rotatable bonds is 2. The molecule has 0 aromatic carbocycles. The average molecular weight is 268 g/mol. The Morgan fingerprint density at radius 2 is 2.20 bits per heavy atom. The van der Waals surface area contributed by atoms with Gasteiger partial charge < -0.3 is 4.90 Å². The van der Waals surface area contributed by atoms with Gasteiger partial charge in [0.2, 0.25) is 0 Å². The number of halogens is 1. The third kappa shape index (κ3) is 2.06. The highest BCUT2D eigenvalue weighted by molar-refractivity contribution is 9.10. The molecule has 0 spiro atoms. The second kappa shape index (κ2) is 3.94. The summed E-state index contributed by atoms with van der Waals surface area (Å²) >= 11 is 3.47. The largest absolute Gasteiger partial charge is 0.303 e. The van der Waals surface area contributed by atoms with Crippen molar-refractivity contribution in [2.45, 2.75) is 13.5 Å². The highest BCUT2D eigenvalue weighted by Crippen LogP contribution is 2.19. The van der Waals surface area contributed by atoms with Crippen LogP contribution in [0.3, 0.4) is 0 Å². The first kappa shape index (κ1) is 10.6. The van der Waals surface area contributed by atoms with E-state index in [4.69, 9.17) is 0 Å². The highest BCUT2D eigenvalue weighted by atomic mass is 79.9. The summed E-state index contributed by atoms with van der Waals surface area (Å²) in [6.07, 6.45) is 2.04. The summed E-state index contributed by atoms with van der Waals surface area (Å²) < 4.78 is 2.93. The van der Waals surface area contributed by atoms with E-state index >= 15 is 0 Å². The summed E-state index contributed by atoms with van der Waals surface area (Å²) in [6, 6.07) is 4.25. The molecule has 15 heavy (non-hydrogen) atoms. The lowest BCUT2D eigenvalue weighted by Gasteiger charge is -2.07. The van der Waals surface area contributed by atoms with Crippen LogP contribution < -0.4 is 0 Å². The molecule has 2 heterocycles. The van der Waals surface area contributed by atoms with E-state index in [1.807, 2.05) is 6.20 Å². The van der Waals surface area contributed by atoms with Gasteiger partial charge >= 0.3 is 0 Å². The minimum Gasteiger partial charge on any atom is -0.303 e. The number of hydrogen-bond acceptors (Lipinski definition) is 2. The van der Waals surface area contributed by atoms with Crippen LogP contribution in [-0.2, 0) is 6.54 Å². The zero-order valence-corrected chi connectivity index (χ0v) is 10.7. The summed E-state index contributed by atoms with van der Waals surface area (Å²) in [5.74, 6) is 0. The van der Waals surface area contributed by atoms with Crippen molar-refractivity contribution in [1.82, 2.24) is 14.3 Å². The number of imidazole rings is 1. The van der Waals surface area contributed by atoms with Gasteiger partial charge in [-0.15, -0.1) is 0 Å². The topological polar surface area (TPSA) is 20.5 Å². The Morgan fingerprint density at radius 1 is 1.47 bits per heavy atom. The molecule has 0 atom stereocenters. The second-order valence-electron chi connectivity index (χ2n) is 4.02. The van der Waals surface area contributed by atoms with Gasteiger partial charge in [-0.25, -0.2) is 4.98 Å². The normalized spacial score (nSPS) is 11.5. The van der Waals surface area contributed by atoms with Gasteiger partial charge in [-0.1, -0.05) is 0 Å². The molecule has 0 amide bonds. The number of nitrogens with zero attached hydrogens (tertiary/aromatic N) is 3. The summed E-state index contributed by atoms with van der Waals surface area (Å²) in [4.78, 5) is 6.63. The molecule has 2 aromatic rings. The Balaban J connectivity index is 2.59. The third-order valence-electron chi connectivity index (χ3n) is 2.30. The van der Waals surface area contributed by atoms with Gasteiger partial charge in [0.05, 0.1) is 11.2 Å². The molecule has 0 aliphatic rings. The fourth-order valence-electron chi connectivity index (χ4n) is 1.63. The maximum atomic E-state index is 4.51. The molecule has 3 nitrogen and oxygen atoms in total. The quantitative estimate of drug-likeness (QED) is 0.834. The number of fused-ring (bicyclic) bond motifs is 1. The summed E-state index contributed by atoms with van der Waals surface area (Å²) in [5.41, 5.74) is 3.54. The van der Waals surface area contributed by atoms with Gasteiger partial charge in [0.15, 0.2) is 4.73 Å². The maximum Gasteiger partial charge on any atom is 0.182 e. The van der Waals surface area contributed by atoms with Crippen LogP contribution in [0.4, 0.5) is 0 Å². The minimum atomic E-state index is 0.860. The molecule has 2 rings (SSSR count). The highest BCUT2D eigenvalue weighted by Gasteiger charge is 2.09. The van der Waals surface area contributed by atoms with Gasteiger partial charge in [-0.2, -0.15) is 0 Å². The number of hydrogen-bond donors (Lipinski definition) is 0. The SMILES string of the molecule is Cc1ccn2c(Br)nc(CN(C)C)c2c1. The Morgan fingerprint density at radius 3 is 2.87 bits per heavy atom. The summed E-state index contributed by atoms with van der Waals surface area (Å²) in [5, 5.41) is 0. The molecule has 0 unspecified atom stereocenters. The molecule has 0 saturated heterocycles. The van der Waals surface area contributed by atoms with Gasteiger partial charge in [-0.05, 0) is 54.6 Å². The minimum absolute atomic E-state index is 0.860. The van der Waals surface area contributed by atoms with E-state index in [9.17, 15) is 0 Å². The van der Waals surface area contributed by atoms with E-state index in [0.717, 1.165) is 17.0 Å². The van der Waals surface area contributed by atoms with Crippen molar-refractivity contribution >= 4 is 21.4 Å². The number of aromatic nitrogens is 2. The zero-order chi connectivity index (χ0) is 11.0. The summed E-state index contributed by atoms with van der Waals surface area (Å²) in [6.45, 7) is 2.96. The first-order valence-corrected chi connectivity index (χ1v) is 5.65. The van der Waals surface area contributed by atoms with E-state index in [2.05, 4.69) is 63.4 Å². The van der Waals surface area contributed by atoms with Crippen molar-refractivity contribution in [3.8, 4) is 0 Å². The molecular weight excluding hydrogens is 254 g/mol. The number of aryl methyl sites for hydroxylation is 1. The Kier molecular flexibility index (Phi) is 2.80. The van der Waals surface area contributed by atoms with Crippen molar-refractivity contribution in [1.29, 1.82) is 0 Å². The average Bonchev–Trinajstić information content (AvgIpc) is 2.42. The summed E-state index contributed by atoms with van der Waals surface area (Å²) in [7, 11) is 4.10. The molecule has 0 N–H and O–H groups in total. The Bertz CT molecular complexity index is 488. The first-order chi connectivity index (χ1) is 7.08. The van der Waals surface area contributed by atoms with Crippen molar-refractivity contribution in [2.24, 2.45) is 0 Å². The first-order valence-electron chi connectivity index (χ1n) is 4.86. The predicted molar refractivity (Wildman–Crippen MR) is 65.0 cm³/mol. The van der Waals surface area contributed by atoms with Gasteiger partial charge in [0.1, 0.15) is 0 Å². The zero-order valence-electron chi connectivity index (χ0n) is 9.16. The molecule has 0 aliphatic carbocycles. The van der Waals surface area contributed by atoms with Gasteiger partial charge in [0.25, 0.3) is 0 Å². The lowest BCUT2D eigenvalue weighted by Crippen LogP contribution is -2.11. The fraction of sp³-hybridized carbons (Fsp3) is 0.364. The van der Waals surface area contributed by atoms with Crippen molar-refractivity contribution in [2.75, 3.05) is 14.1 Å². The van der Waals surface area contributed by atoms with Crippen LogP contribution in [0.2, 0.25) is 0 Å². The van der Waals surface area contributed by atoms with Crippen molar-refractivity contribution in [3.63, 3.8) is 0 Å². The molecule has 0 fully saturated rings. The lowest BCUT2D eigenvalue weighted by atomic mass is 10.2. The van der Waals surface area contributed by atoms with Crippen LogP contribution >= 0.6 is 15.9 Å². The van der Waals surface area contributed by atoms with Crippen LogP contribution in [0.15, 0.2) is 23.1 Å². The lowest BCUT2D eigenvalue weighted by molar-refractivity contribution is 0.399. The fourth-order valence-corrected chi connectivity index (χ4v) is 2.15. The molecule has 0 aliphatic heterocycles. The van der Waals surface area contributed by atoms with E-state index in [1.54, 1.807) is 0 Å². The van der Waals surface area contributed by atoms with Crippen molar-refractivity contribution < 1.29 is 0 Å². The van der Waals surface area contributed by atoms with Crippen LogP contribution in [0.1, 0.15) is 11.3 Å². The van der Waals surface area contributed by atoms with Crippen LogP contribution in [0.5, 0.6) is 0 Å². The molecular formula is C11H14BrN3. The van der Waals surface area contributed by atoms with Crippen molar-refractivity contribution in [3.05, 3.63) is 34.3 Å².